The molecule has 0 spiro atoms. The Kier molecular flexibility index (Phi) is 3.67. The molecule has 1 aliphatic rings. The summed E-state index contributed by atoms with van der Waals surface area (Å²) < 4.78 is 2.31. The number of pyridine rings is 2. The Hall–Kier alpha value is -2.50. The third kappa shape index (κ3) is 2.52. The van der Waals surface area contributed by atoms with E-state index in [4.69, 9.17) is 0 Å². The molecular formula is C18H22N6. The Bertz CT molecular complexity index is 864. The van der Waals surface area contributed by atoms with Crippen LogP contribution < -0.4 is 4.90 Å². The highest BCUT2D eigenvalue weighted by molar-refractivity contribution is 5.89. The zero-order chi connectivity index (χ0) is 16.7. The maximum Gasteiger partial charge on any atom is 0.152 e. The smallest absolute Gasteiger partial charge is 0.152 e. The quantitative estimate of drug-likeness (QED) is 0.741. The van der Waals surface area contributed by atoms with Crippen molar-refractivity contribution in [3.8, 4) is 0 Å². The van der Waals surface area contributed by atoms with E-state index in [0.717, 1.165) is 47.9 Å². The molecule has 0 bridgehead atoms. The molecule has 0 amide bonds. The summed E-state index contributed by atoms with van der Waals surface area (Å²) in [4.78, 5) is 11.4. The van der Waals surface area contributed by atoms with Crippen molar-refractivity contribution in [1.82, 2.24) is 24.7 Å². The van der Waals surface area contributed by atoms with Crippen LogP contribution in [0.15, 0.2) is 30.6 Å². The first-order valence-electron chi connectivity index (χ1n) is 8.48. The number of aromatic nitrogens is 5. The highest BCUT2D eigenvalue weighted by Crippen LogP contribution is 2.32. The number of hydrogen-bond donors (Lipinski definition) is 0. The Morgan fingerprint density at radius 3 is 2.88 bits per heavy atom. The van der Waals surface area contributed by atoms with Gasteiger partial charge in [-0.3, -0.25) is 4.98 Å². The van der Waals surface area contributed by atoms with Crippen molar-refractivity contribution in [1.29, 1.82) is 0 Å². The van der Waals surface area contributed by atoms with E-state index < -0.39 is 0 Å². The van der Waals surface area contributed by atoms with Crippen molar-refractivity contribution in [2.24, 2.45) is 5.92 Å². The molecular weight excluding hydrogens is 300 g/mol. The highest BCUT2D eigenvalue weighted by atomic mass is 15.4. The second-order valence-electron chi connectivity index (χ2n) is 6.90. The predicted molar refractivity (Wildman–Crippen MR) is 93.8 cm³/mol. The molecule has 24 heavy (non-hydrogen) atoms. The summed E-state index contributed by atoms with van der Waals surface area (Å²) in [5, 5.41) is 9.79. The second-order valence-corrected chi connectivity index (χ2v) is 6.90. The summed E-state index contributed by atoms with van der Waals surface area (Å²) in [5.41, 5.74) is 0.978. The molecule has 124 valence electrons. The van der Waals surface area contributed by atoms with Crippen molar-refractivity contribution >= 4 is 16.7 Å². The van der Waals surface area contributed by atoms with Gasteiger partial charge in [-0.1, -0.05) is 13.8 Å². The van der Waals surface area contributed by atoms with E-state index in [9.17, 15) is 0 Å². The minimum Gasteiger partial charge on any atom is -0.346 e. The fourth-order valence-corrected chi connectivity index (χ4v) is 3.69. The molecule has 1 atom stereocenters. The van der Waals surface area contributed by atoms with Crippen molar-refractivity contribution < 1.29 is 0 Å². The lowest BCUT2D eigenvalue weighted by molar-refractivity contribution is 0.357. The van der Waals surface area contributed by atoms with Crippen molar-refractivity contribution in [3.63, 3.8) is 0 Å². The normalized spacial score (nSPS) is 17.5. The molecule has 0 fully saturated rings. The molecule has 6 nitrogen and oxygen atoms in total. The maximum atomic E-state index is 4.65. The first-order chi connectivity index (χ1) is 11.6. The van der Waals surface area contributed by atoms with Crippen LogP contribution in [0.4, 0.5) is 5.82 Å². The van der Waals surface area contributed by atoms with E-state index in [2.05, 4.69) is 49.5 Å². The van der Waals surface area contributed by atoms with Crippen LogP contribution in [0.2, 0.25) is 0 Å². The van der Waals surface area contributed by atoms with Gasteiger partial charge in [0.05, 0.1) is 18.1 Å². The number of rotatable bonds is 3. The summed E-state index contributed by atoms with van der Waals surface area (Å²) in [7, 11) is 0. The Morgan fingerprint density at radius 1 is 1.17 bits per heavy atom. The third-order valence-electron chi connectivity index (χ3n) is 4.62. The lowest BCUT2D eigenvalue weighted by Crippen LogP contribution is -2.39. The largest absolute Gasteiger partial charge is 0.346 e. The molecule has 3 aromatic rings. The number of hydrogen-bond acceptors (Lipinski definition) is 5. The Morgan fingerprint density at radius 2 is 2.04 bits per heavy atom. The SMILES string of the molecule is Cc1nnc2n1[C@@H](CC(C)C)CN(c1nccc3ncccc13)C2. The Balaban J connectivity index is 1.77. The van der Waals surface area contributed by atoms with Crippen LogP contribution >= 0.6 is 0 Å². The van der Waals surface area contributed by atoms with Gasteiger partial charge >= 0.3 is 0 Å². The van der Waals surface area contributed by atoms with Crippen LogP contribution in [0.5, 0.6) is 0 Å². The summed E-state index contributed by atoms with van der Waals surface area (Å²) in [6.07, 6.45) is 4.77. The molecule has 0 N–H and O–H groups in total. The molecule has 0 saturated carbocycles. The zero-order valence-corrected chi connectivity index (χ0v) is 14.3. The van der Waals surface area contributed by atoms with Gasteiger partial charge in [-0.05, 0) is 37.5 Å². The van der Waals surface area contributed by atoms with Crippen LogP contribution in [-0.2, 0) is 6.54 Å². The van der Waals surface area contributed by atoms with Gasteiger partial charge in [-0.15, -0.1) is 10.2 Å². The van der Waals surface area contributed by atoms with Crippen LogP contribution in [-0.4, -0.2) is 31.3 Å². The fourth-order valence-electron chi connectivity index (χ4n) is 3.69. The van der Waals surface area contributed by atoms with E-state index in [-0.39, 0.29) is 0 Å². The molecule has 0 saturated heterocycles. The average molecular weight is 322 g/mol. The van der Waals surface area contributed by atoms with Crippen molar-refractivity contribution in [2.45, 2.75) is 39.8 Å². The number of nitrogens with zero attached hydrogens (tertiary/aromatic N) is 6. The van der Waals surface area contributed by atoms with E-state index in [1.54, 1.807) is 0 Å². The molecule has 0 radical (unpaired) electrons. The summed E-state index contributed by atoms with van der Waals surface area (Å²) in [6, 6.07) is 6.39. The van der Waals surface area contributed by atoms with E-state index in [1.165, 1.54) is 0 Å². The maximum absolute atomic E-state index is 4.65. The van der Waals surface area contributed by atoms with Crippen LogP contribution in [0.25, 0.3) is 10.9 Å². The summed E-state index contributed by atoms with van der Waals surface area (Å²) in [6.45, 7) is 8.22. The number of fused-ring (bicyclic) bond motifs is 2. The predicted octanol–water partition coefficient (Wildman–Crippen LogP) is 3.14. The molecule has 1 aliphatic heterocycles. The topological polar surface area (TPSA) is 59.7 Å². The molecule has 6 heteroatoms. The van der Waals surface area contributed by atoms with Gasteiger partial charge in [0, 0.05) is 24.3 Å². The van der Waals surface area contributed by atoms with Crippen LogP contribution in [0.3, 0.4) is 0 Å². The molecule has 0 aliphatic carbocycles. The number of anilines is 1. The number of aryl methyl sites for hydroxylation is 1. The molecule has 3 aromatic heterocycles. The lowest BCUT2D eigenvalue weighted by Gasteiger charge is -2.36. The summed E-state index contributed by atoms with van der Waals surface area (Å²) in [5.74, 6) is 3.63. The minimum absolute atomic E-state index is 0.373. The summed E-state index contributed by atoms with van der Waals surface area (Å²) >= 11 is 0. The van der Waals surface area contributed by atoms with Gasteiger partial charge in [0.2, 0.25) is 0 Å². The highest BCUT2D eigenvalue weighted by Gasteiger charge is 2.29. The van der Waals surface area contributed by atoms with E-state index in [0.29, 0.717) is 12.0 Å². The van der Waals surface area contributed by atoms with E-state index >= 15 is 0 Å². The van der Waals surface area contributed by atoms with Gasteiger partial charge in [0.15, 0.2) is 5.82 Å². The third-order valence-corrected chi connectivity index (χ3v) is 4.62. The van der Waals surface area contributed by atoms with Gasteiger partial charge in [-0.25, -0.2) is 4.98 Å². The molecule has 0 unspecified atom stereocenters. The molecule has 4 rings (SSSR count). The Labute approximate surface area is 141 Å². The van der Waals surface area contributed by atoms with Gasteiger partial charge in [0.25, 0.3) is 0 Å². The minimum atomic E-state index is 0.373. The van der Waals surface area contributed by atoms with E-state index in [1.807, 2.05) is 31.5 Å². The monoisotopic (exact) mass is 322 g/mol. The standard InChI is InChI=1S/C18H22N6/c1-12(2)9-14-10-23(11-17-22-21-13(3)24(14)17)18-15-5-4-7-19-16(15)6-8-20-18/h4-8,12,14H,9-11H2,1-3H3/t14-/m0/s1. The van der Waals surface area contributed by atoms with Gasteiger partial charge in [-0.2, -0.15) is 0 Å². The first-order valence-corrected chi connectivity index (χ1v) is 8.48. The second kappa shape index (κ2) is 5.85. The first kappa shape index (κ1) is 15.1. The zero-order valence-electron chi connectivity index (χ0n) is 14.3. The average Bonchev–Trinajstić information content (AvgIpc) is 2.95. The molecule has 0 aromatic carbocycles. The van der Waals surface area contributed by atoms with Crippen molar-refractivity contribution in [2.75, 3.05) is 11.4 Å². The van der Waals surface area contributed by atoms with Crippen LogP contribution in [0, 0.1) is 12.8 Å². The fraction of sp³-hybridized carbons (Fsp3) is 0.444. The van der Waals surface area contributed by atoms with Gasteiger partial charge in [0.1, 0.15) is 11.6 Å². The lowest BCUT2D eigenvalue weighted by atomic mass is 10.0. The molecule has 4 heterocycles. The van der Waals surface area contributed by atoms with Crippen LogP contribution in [0.1, 0.15) is 38.0 Å². The van der Waals surface area contributed by atoms with Gasteiger partial charge < -0.3 is 9.47 Å². The van der Waals surface area contributed by atoms with Crippen molar-refractivity contribution in [3.05, 3.63) is 42.2 Å².